The second-order valence-electron chi connectivity index (χ2n) is 5.97. The van der Waals surface area contributed by atoms with Gasteiger partial charge in [0.25, 0.3) is 0 Å². The summed E-state index contributed by atoms with van der Waals surface area (Å²) in [6.45, 7) is 7.75. The highest BCUT2D eigenvalue weighted by molar-refractivity contribution is 5.09. The molecule has 1 saturated carbocycles. The summed E-state index contributed by atoms with van der Waals surface area (Å²) in [5.41, 5.74) is 6.20. The Kier molecular flexibility index (Phi) is 4.46. The molecular formula is C15H26N2O. The maximum atomic E-state index is 6.20. The van der Waals surface area contributed by atoms with E-state index in [-0.39, 0.29) is 12.1 Å². The molecule has 0 amide bonds. The number of hydrogen-bond donors (Lipinski definition) is 1. The SMILES string of the molecule is CC(C)CCN(C1CC1)C(c1ccco1)C(C)N. The Labute approximate surface area is 110 Å². The van der Waals surface area contributed by atoms with E-state index in [0.29, 0.717) is 6.04 Å². The molecule has 1 aromatic heterocycles. The van der Waals surface area contributed by atoms with Crippen LogP contribution in [0.5, 0.6) is 0 Å². The highest BCUT2D eigenvalue weighted by atomic mass is 16.3. The van der Waals surface area contributed by atoms with Crippen LogP contribution in [0, 0.1) is 5.92 Å². The van der Waals surface area contributed by atoms with Crippen molar-refractivity contribution in [3.05, 3.63) is 24.2 Å². The molecule has 1 fully saturated rings. The van der Waals surface area contributed by atoms with Crippen molar-refractivity contribution in [2.45, 2.75) is 58.2 Å². The number of nitrogens with zero attached hydrogens (tertiary/aromatic N) is 1. The van der Waals surface area contributed by atoms with Gasteiger partial charge in [0, 0.05) is 12.1 Å². The van der Waals surface area contributed by atoms with E-state index in [1.807, 2.05) is 6.07 Å². The average Bonchev–Trinajstić information content (AvgIpc) is 3.00. The van der Waals surface area contributed by atoms with Crippen LogP contribution >= 0.6 is 0 Å². The first-order chi connectivity index (χ1) is 8.59. The molecule has 0 radical (unpaired) electrons. The molecule has 1 aliphatic rings. The smallest absolute Gasteiger partial charge is 0.122 e. The van der Waals surface area contributed by atoms with Crippen LogP contribution in [0.2, 0.25) is 0 Å². The Morgan fingerprint density at radius 3 is 2.56 bits per heavy atom. The van der Waals surface area contributed by atoms with E-state index >= 15 is 0 Å². The Balaban J connectivity index is 2.10. The van der Waals surface area contributed by atoms with Gasteiger partial charge in [-0.05, 0) is 50.8 Å². The summed E-state index contributed by atoms with van der Waals surface area (Å²) in [5.74, 6) is 1.75. The van der Waals surface area contributed by atoms with E-state index in [2.05, 4.69) is 31.7 Å². The van der Waals surface area contributed by atoms with Crippen LogP contribution in [0.1, 0.15) is 51.8 Å². The van der Waals surface area contributed by atoms with E-state index in [9.17, 15) is 0 Å². The normalized spacial score (nSPS) is 19.4. The average molecular weight is 250 g/mol. The number of rotatable bonds is 7. The Morgan fingerprint density at radius 2 is 2.11 bits per heavy atom. The second-order valence-corrected chi connectivity index (χ2v) is 5.97. The molecular weight excluding hydrogens is 224 g/mol. The molecule has 0 bridgehead atoms. The molecule has 102 valence electrons. The van der Waals surface area contributed by atoms with Crippen molar-refractivity contribution in [3.63, 3.8) is 0 Å². The number of hydrogen-bond acceptors (Lipinski definition) is 3. The fourth-order valence-electron chi connectivity index (χ4n) is 2.55. The largest absolute Gasteiger partial charge is 0.468 e. The summed E-state index contributed by atoms with van der Waals surface area (Å²) in [6.07, 6.45) is 5.59. The van der Waals surface area contributed by atoms with Crippen LogP contribution in [0.15, 0.2) is 22.8 Å². The molecule has 0 spiro atoms. The molecule has 2 unspecified atom stereocenters. The van der Waals surface area contributed by atoms with E-state index in [1.54, 1.807) is 6.26 Å². The van der Waals surface area contributed by atoms with Crippen LogP contribution < -0.4 is 5.73 Å². The van der Waals surface area contributed by atoms with Crippen molar-refractivity contribution >= 4 is 0 Å². The molecule has 2 N–H and O–H groups in total. The lowest BCUT2D eigenvalue weighted by Gasteiger charge is -2.33. The second kappa shape index (κ2) is 5.89. The molecule has 0 aliphatic heterocycles. The molecule has 1 heterocycles. The van der Waals surface area contributed by atoms with Crippen LogP contribution in [0.3, 0.4) is 0 Å². The lowest BCUT2D eigenvalue weighted by Crippen LogP contribution is -2.41. The molecule has 2 rings (SSSR count). The lowest BCUT2D eigenvalue weighted by atomic mass is 10.0. The topological polar surface area (TPSA) is 42.4 Å². The van der Waals surface area contributed by atoms with Crippen molar-refractivity contribution in [2.75, 3.05) is 6.54 Å². The zero-order chi connectivity index (χ0) is 13.1. The van der Waals surface area contributed by atoms with Gasteiger partial charge in [-0.2, -0.15) is 0 Å². The highest BCUT2D eigenvalue weighted by Gasteiger charge is 2.37. The third-order valence-electron chi connectivity index (χ3n) is 3.67. The van der Waals surface area contributed by atoms with Crippen molar-refractivity contribution in [1.29, 1.82) is 0 Å². The van der Waals surface area contributed by atoms with Crippen LogP contribution in [0.4, 0.5) is 0 Å². The van der Waals surface area contributed by atoms with E-state index in [1.165, 1.54) is 19.3 Å². The predicted molar refractivity (Wildman–Crippen MR) is 74.3 cm³/mol. The van der Waals surface area contributed by atoms with Gasteiger partial charge in [-0.15, -0.1) is 0 Å². The summed E-state index contributed by atoms with van der Waals surface area (Å²) < 4.78 is 5.60. The number of furan rings is 1. The Morgan fingerprint density at radius 1 is 1.39 bits per heavy atom. The molecule has 1 aromatic rings. The molecule has 0 saturated heterocycles. The molecule has 3 nitrogen and oxygen atoms in total. The monoisotopic (exact) mass is 250 g/mol. The van der Waals surface area contributed by atoms with Crippen molar-refractivity contribution in [2.24, 2.45) is 11.7 Å². The zero-order valence-electron chi connectivity index (χ0n) is 11.8. The highest BCUT2D eigenvalue weighted by Crippen LogP contribution is 2.36. The third-order valence-corrected chi connectivity index (χ3v) is 3.67. The van der Waals surface area contributed by atoms with Gasteiger partial charge in [0.05, 0.1) is 12.3 Å². The predicted octanol–water partition coefficient (Wildman–Crippen LogP) is 3.18. The summed E-state index contributed by atoms with van der Waals surface area (Å²) >= 11 is 0. The molecule has 3 heteroatoms. The van der Waals surface area contributed by atoms with E-state index in [0.717, 1.165) is 18.2 Å². The van der Waals surface area contributed by atoms with Gasteiger partial charge in [0.15, 0.2) is 0 Å². The quantitative estimate of drug-likeness (QED) is 0.808. The first-order valence-corrected chi connectivity index (χ1v) is 7.14. The fraction of sp³-hybridized carbons (Fsp3) is 0.733. The van der Waals surface area contributed by atoms with Crippen LogP contribution in [0.25, 0.3) is 0 Å². The first-order valence-electron chi connectivity index (χ1n) is 7.14. The van der Waals surface area contributed by atoms with E-state index in [4.69, 9.17) is 10.2 Å². The van der Waals surface area contributed by atoms with Gasteiger partial charge >= 0.3 is 0 Å². The van der Waals surface area contributed by atoms with Gasteiger partial charge in [-0.1, -0.05) is 13.8 Å². The van der Waals surface area contributed by atoms with Gasteiger partial charge in [-0.25, -0.2) is 0 Å². The molecule has 18 heavy (non-hydrogen) atoms. The van der Waals surface area contributed by atoms with Crippen LogP contribution in [-0.4, -0.2) is 23.5 Å². The van der Waals surface area contributed by atoms with Gasteiger partial charge in [0.2, 0.25) is 0 Å². The van der Waals surface area contributed by atoms with Gasteiger partial charge in [0.1, 0.15) is 5.76 Å². The van der Waals surface area contributed by atoms with Crippen LogP contribution in [-0.2, 0) is 0 Å². The molecule has 0 aromatic carbocycles. The van der Waals surface area contributed by atoms with Crippen molar-refractivity contribution < 1.29 is 4.42 Å². The minimum absolute atomic E-state index is 0.101. The van der Waals surface area contributed by atoms with Crippen molar-refractivity contribution in [3.8, 4) is 0 Å². The standard InChI is InChI=1S/C15H26N2O/c1-11(2)8-9-17(13-6-7-13)15(12(3)16)14-5-4-10-18-14/h4-5,10-13,15H,6-9,16H2,1-3H3. The van der Waals surface area contributed by atoms with Gasteiger partial charge < -0.3 is 10.2 Å². The summed E-state index contributed by atoms with van der Waals surface area (Å²) in [6, 6.07) is 5.05. The minimum atomic E-state index is 0.101. The maximum absolute atomic E-state index is 6.20. The molecule has 2 atom stereocenters. The summed E-state index contributed by atoms with van der Waals surface area (Å²) in [5, 5.41) is 0. The first kappa shape index (κ1) is 13.6. The summed E-state index contributed by atoms with van der Waals surface area (Å²) in [4.78, 5) is 2.56. The van der Waals surface area contributed by atoms with Gasteiger partial charge in [-0.3, -0.25) is 4.90 Å². The zero-order valence-corrected chi connectivity index (χ0v) is 11.8. The maximum Gasteiger partial charge on any atom is 0.122 e. The fourth-order valence-corrected chi connectivity index (χ4v) is 2.55. The van der Waals surface area contributed by atoms with Crippen molar-refractivity contribution in [1.82, 2.24) is 4.90 Å². The summed E-state index contributed by atoms with van der Waals surface area (Å²) in [7, 11) is 0. The number of nitrogens with two attached hydrogens (primary N) is 1. The third kappa shape index (κ3) is 3.36. The Bertz CT molecular complexity index is 341. The minimum Gasteiger partial charge on any atom is -0.468 e. The lowest BCUT2D eigenvalue weighted by molar-refractivity contribution is 0.138. The van der Waals surface area contributed by atoms with E-state index < -0.39 is 0 Å². The Hall–Kier alpha value is -0.800. The molecule has 1 aliphatic carbocycles.